The number of rotatable bonds is 5. The van der Waals surface area contributed by atoms with Gasteiger partial charge in [-0.1, -0.05) is 0 Å². The van der Waals surface area contributed by atoms with Crippen LogP contribution in [0, 0.1) is 0 Å². The first-order valence-electron chi connectivity index (χ1n) is 5.01. The highest BCUT2D eigenvalue weighted by atomic mass is 32.1. The van der Waals surface area contributed by atoms with Crippen LogP contribution in [-0.4, -0.2) is 32.7 Å². The third-order valence-electron chi connectivity index (χ3n) is 2.11. The lowest BCUT2D eigenvalue weighted by atomic mass is 10.2. The van der Waals surface area contributed by atoms with Crippen molar-refractivity contribution in [2.24, 2.45) is 10.8 Å². The Morgan fingerprint density at radius 3 is 2.22 bits per heavy atom. The predicted octanol–water partition coefficient (Wildman–Crippen LogP) is 0.879. The first-order valence-corrected chi connectivity index (χ1v) is 5.41. The fourth-order valence-corrected chi connectivity index (χ4v) is 1.37. The predicted molar refractivity (Wildman–Crippen MR) is 73.6 cm³/mol. The van der Waals surface area contributed by atoms with Crippen LogP contribution in [0.15, 0.2) is 17.2 Å². The Hall–Kier alpha value is -2.02. The van der Waals surface area contributed by atoms with Gasteiger partial charge in [0.2, 0.25) is 0 Å². The van der Waals surface area contributed by atoms with Gasteiger partial charge in [0, 0.05) is 11.6 Å². The zero-order valence-corrected chi connectivity index (χ0v) is 11.2. The number of ether oxygens (including phenoxy) is 3. The summed E-state index contributed by atoms with van der Waals surface area (Å²) in [7, 11) is 4.66. The average molecular weight is 269 g/mol. The van der Waals surface area contributed by atoms with Gasteiger partial charge in [-0.25, -0.2) is 0 Å². The number of benzene rings is 1. The van der Waals surface area contributed by atoms with Crippen LogP contribution in [-0.2, 0) is 0 Å². The van der Waals surface area contributed by atoms with Gasteiger partial charge in [-0.3, -0.25) is 5.43 Å². The third kappa shape index (κ3) is 3.49. The molecule has 7 heteroatoms. The molecule has 0 aromatic heterocycles. The molecule has 0 aliphatic rings. The van der Waals surface area contributed by atoms with Gasteiger partial charge in [-0.2, -0.15) is 5.10 Å². The number of nitrogens with two attached hydrogens (primary N) is 1. The van der Waals surface area contributed by atoms with Crippen molar-refractivity contribution < 1.29 is 14.2 Å². The largest absolute Gasteiger partial charge is 0.496 e. The van der Waals surface area contributed by atoms with Crippen LogP contribution in [0.4, 0.5) is 0 Å². The number of nitrogens with one attached hydrogen (secondary N) is 1. The summed E-state index contributed by atoms with van der Waals surface area (Å²) in [5.74, 6) is 1.75. The van der Waals surface area contributed by atoms with E-state index in [9.17, 15) is 0 Å². The molecular formula is C11H15N3O3S. The van der Waals surface area contributed by atoms with E-state index in [1.54, 1.807) is 33.5 Å². The van der Waals surface area contributed by atoms with Crippen LogP contribution < -0.4 is 25.4 Å². The SMILES string of the molecule is COc1cc(OC)c(OC)cc1C=NNC(N)=S. The Labute approximate surface area is 111 Å². The van der Waals surface area contributed by atoms with E-state index in [0.29, 0.717) is 22.8 Å². The minimum absolute atomic E-state index is 0.0886. The van der Waals surface area contributed by atoms with E-state index in [4.69, 9.17) is 19.9 Å². The fraction of sp³-hybridized carbons (Fsp3) is 0.273. The number of methoxy groups -OCH3 is 3. The molecule has 0 aliphatic carbocycles. The van der Waals surface area contributed by atoms with Crippen molar-refractivity contribution in [1.82, 2.24) is 5.43 Å². The Morgan fingerprint density at radius 1 is 1.17 bits per heavy atom. The smallest absolute Gasteiger partial charge is 0.184 e. The zero-order chi connectivity index (χ0) is 13.5. The molecule has 18 heavy (non-hydrogen) atoms. The summed E-state index contributed by atoms with van der Waals surface area (Å²) in [5, 5.41) is 3.95. The lowest BCUT2D eigenvalue weighted by Crippen LogP contribution is -2.24. The molecule has 0 heterocycles. The van der Waals surface area contributed by atoms with Crippen molar-refractivity contribution >= 4 is 23.5 Å². The van der Waals surface area contributed by atoms with Crippen LogP contribution in [0.25, 0.3) is 0 Å². The lowest BCUT2D eigenvalue weighted by Gasteiger charge is -2.11. The number of hydrogen-bond acceptors (Lipinski definition) is 5. The van der Waals surface area contributed by atoms with Gasteiger partial charge in [0.25, 0.3) is 0 Å². The summed E-state index contributed by atoms with van der Waals surface area (Å²) in [6.45, 7) is 0. The van der Waals surface area contributed by atoms with Crippen LogP contribution in [0.2, 0.25) is 0 Å². The molecule has 6 nitrogen and oxygen atoms in total. The molecule has 0 saturated heterocycles. The van der Waals surface area contributed by atoms with E-state index in [2.05, 4.69) is 22.7 Å². The van der Waals surface area contributed by atoms with Crippen molar-refractivity contribution in [2.75, 3.05) is 21.3 Å². The fourth-order valence-electron chi connectivity index (χ4n) is 1.32. The van der Waals surface area contributed by atoms with Crippen LogP contribution in [0.1, 0.15) is 5.56 Å². The van der Waals surface area contributed by atoms with Crippen LogP contribution in [0.5, 0.6) is 17.2 Å². The molecular weight excluding hydrogens is 254 g/mol. The maximum Gasteiger partial charge on any atom is 0.184 e. The van der Waals surface area contributed by atoms with E-state index < -0.39 is 0 Å². The zero-order valence-electron chi connectivity index (χ0n) is 10.4. The second-order valence-corrected chi connectivity index (χ2v) is 3.62. The summed E-state index contributed by atoms with van der Waals surface area (Å²) >= 11 is 4.64. The second kappa shape index (κ2) is 6.65. The summed E-state index contributed by atoms with van der Waals surface area (Å²) in [6, 6.07) is 3.45. The van der Waals surface area contributed by atoms with Crippen molar-refractivity contribution in [1.29, 1.82) is 0 Å². The van der Waals surface area contributed by atoms with E-state index in [1.165, 1.54) is 6.21 Å². The minimum atomic E-state index is 0.0886. The van der Waals surface area contributed by atoms with Gasteiger partial charge >= 0.3 is 0 Å². The Morgan fingerprint density at radius 2 is 1.72 bits per heavy atom. The molecule has 1 rings (SSSR count). The molecule has 0 spiro atoms. The molecule has 0 bridgehead atoms. The van der Waals surface area contributed by atoms with Crippen LogP contribution in [0.3, 0.4) is 0 Å². The molecule has 0 amide bonds. The molecule has 0 saturated carbocycles. The van der Waals surface area contributed by atoms with Gasteiger partial charge in [-0.15, -0.1) is 0 Å². The number of hydrazone groups is 1. The molecule has 0 aliphatic heterocycles. The highest BCUT2D eigenvalue weighted by Gasteiger charge is 2.10. The van der Waals surface area contributed by atoms with Gasteiger partial charge in [0.15, 0.2) is 16.6 Å². The quantitative estimate of drug-likeness (QED) is 0.469. The Kier molecular flexibility index (Phi) is 5.19. The second-order valence-electron chi connectivity index (χ2n) is 3.18. The molecule has 3 N–H and O–H groups in total. The average Bonchev–Trinajstić information content (AvgIpc) is 2.37. The number of nitrogens with zero attached hydrogens (tertiary/aromatic N) is 1. The molecule has 0 fully saturated rings. The normalized spacial score (nSPS) is 10.2. The summed E-state index contributed by atoms with van der Waals surface area (Å²) in [6.07, 6.45) is 1.53. The molecule has 0 unspecified atom stereocenters. The van der Waals surface area contributed by atoms with Gasteiger partial charge < -0.3 is 19.9 Å². The van der Waals surface area contributed by atoms with Gasteiger partial charge in [0.1, 0.15) is 5.75 Å². The third-order valence-corrected chi connectivity index (χ3v) is 2.21. The number of thiocarbonyl (C=S) groups is 1. The van der Waals surface area contributed by atoms with Crippen molar-refractivity contribution in [3.63, 3.8) is 0 Å². The molecule has 0 radical (unpaired) electrons. The minimum Gasteiger partial charge on any atom is -0.496 e. The summed E-state index contributed by atoms with van der Waals surface area (Å²) < 4.78 is 15.6. The summed E-state index contributed by atoms with van der Waals surface area (Å²) in [4.78, 5) is 0. The first-order chi connectivity index (χ1) is 8.62. The van der Waals surface area contributed by atoms with Gasteiger partial charge in [0.05, 0.1) is 27.5 Å². The number of hydrogen-bond donors (Lipinski definition) is 2. The molecule has 1 aromatic carbocycles. The topological polar surface area (TPSA) is 78.1 Å². The molecule has 1 aromatic rings. The van der Waals surface area contributed by atoms with E-state index in [1.807, 2.05) is 0 Å². The highest BCUT2D eigenvalue weighted by molar-refractivity contribution is 7.80. The van der Waals surface area contributed by atoms with E-state index in [-0.39, 0.29) is 5.11 Å². The summed E-state index contributed by atoms with van der Waals surface area (Å²) in [5.41, 5.74) is 8.43. The van der Waals surface area contributed by atoms with E-state index in [0.717, 1.165) is 0 Å². The molecule has 0 atom stereocenters. The Balaban J connectivity index is 3.09. The maximum atomic E-state index is 5.26. The maximum absolute atomic E-state index is 5.26. The van der Waals surface area contributed by atoms with Crippen molar-refractivity contribution in [3.05, 3.63) is 17.7 Å². The van der Waals surface area contributed by atoms with Crippen molar-refractivity contribution in [2.45, 2.75) is 0 Å². The standard InChI is InChI=1S/C11H15N3O3S/c1-15-8-5-10(17-3)9(16-2)4-7(8)6-13-14-11(12)18/h4-6H,1-3H3,(H3,12,14,18). The van der Waals surface area contributed by atoms with Crippen LogP contribution >= 0.6 is 12.2 Å². The highest BCUT2D eigenvalue weighted by Crippen LogP contribution is 2.33. The first kappa shape index (κ1) is 14.0. The van der Waals surface area contributed by atoms with E-state index >= 15 is 0 Å². The lowest BCUT2D eigenvalue weighted by molar-refractivity contribution is 0.349. The Bertz CT molecular complexity index is 463. The molecule has 98 valence electrons. The monoisotopic (exact) mass is 269 g/mol. The van der Waals surface area contributed by atoms with Gasteiger partial charge in [-0.05, 0) is 18.3 Å². The van der Waals surface area contributed by atoms with Crippen molar-refractivity contribution in [3.8, 4) is 17.2 Å².